The van der Waals surface area contributed by atoms with Crippen molar-refractivity contribution in [2.24, 2.45) is 5.92 Å². The lowest BCUT2D eigenvalue weighted by molar-refractivity contribution is -0.145. The maximum absolute atomic E-state index is 11.8. The maximum Gasteiger partial charge on any atom is 0.303 e. The predicted octanol–water partition coefficient (Wildman–Crippen LogP) is 2.04. The number of carbonyl (C=O) groups is 2. The number of carbonyl (C=O) groups excluding carboxylic acids is 1. The van der Waals surface area contributed by atoms with Crippen molar-refractivity contribution in [1.29, 1.82) is 0 Å². The van der Waals surface area contributed by atoms with Crippen LogP contribution < -0.4 is 4.74 Å². The summed E-state index contributed by atoms with van der Waals surface area (Å²) in [6, 6.07) is 7.01. The zero-order chi connectivity index (χ0) is 14.5. The Labute approximate surface area is 122 Å². The van der Waals surface area contributed by atoms with Crippen molar-refractivity contribution >= 4 is 23.5 Å². The molecule has 0 aromatic heterocycles. The molecule has 0 bridgehead atoms. The average Bonchev–Trinajstić information content (AvgIpc) is 2.33. The van der Waals surface area contributed by atoms with Gasteiger partial charge < -0.3 is 14.7 Å². The van der Waals surface area contributed by atoms with E-state index in [9.17, 15) is 9.59 Å². The first-order valence-electron chi connectivity index (χ1n) is 6.42. The summed E-state index contributed by atoms with van der Waals surface area (Å²) in [6.45, 7) is 1.35. The molecule has 6 heteroatoms. The minimum atomic E-state index is -0.814. The number of likely N-dealkylation sites (tertiary alicyclic amines) is 1. The van der Waals surface area contributed by atoms with Gasteiger partial charge in [-0.15, -0.1) is 0 Å². The van der Waals surface area contributed by atoms with Crippen LogP contribution in [0, 0.1) is 5.92 Å². The van der Waals surface area contributed by atoms with E-state index in [4.69, 9.17) is 21.4 Å². The van der Waals surface area contributed by atoms with E-state index >= 15 is 0 Å². The maximum atomic E-state index is 11.8. The summed E-state index contributed by atoms with van der Waals surface area (Å²) in [7, 11) is 0. The number of hydrogen-bond donors (Lipinski definition) is 1. The third kappa shape index (κ3) is 4.13. The third-order valence-corrected chi connectivity index (χ3v) is 3.39. The Morgan fingerprint density at radius 1 is 1.40 bits per heavy atom. The summed E-state index contributed by atoms with van der Waals surface area (Å²) >= 11 is 5.82. The molecular formula is C14H16ClNO4. The Bertz CT molecular complexity index is 500. The number of amides is 1. The fourth-order valence-corrected chi connectivity index (χ4v) is 2.30. The molecule has 108 valence electrons. The van der Waals surface area contributed by atoms with Gasteiger partial charge in [-0.25, -0.2) is 0 Å². The van der Waals surface area contributed by atoms with Crippen molar-refractivity contribution in [2.75, 3.05) is 19.7 Å². The number of carboxylic acid groups (broad SMARTS) is 1. The van der Waals surface area contributed by atoms with Crippen LogP contribution >= 0.6 is 11.6 Å². The summed E-state index contributed by atoms with van der Waals surface area (Å²) < 4.78 is 5.44. The summed E-state index contributed by atoms with van der Waals surface area (Å²) in [4.78, 5) is 23.9. The van der Waals surface area contributed by atoms with E-state index in [0.717, 1.165) is 0 Å². The first kappa shape index (κ1) is 14.7. The van der Waals surface area contributed by atoms with Crippen LogP contribution in [0.25, 0.3) is 0 Å². The molecule has 5 nitrogen and oxygen atoms in total. The molecule has 0 spiro atoms. The van der Waals surface area contributed by atoms with E-state index in [2.05, 4.69) is 0 Å². The highest BCUT2D eigenvalue weighted by molar-refractivity contribution is 6.30. The van der Waals surface area contributed by atoms with Gasteiger partial charge in [0.2, 0.25) is 5.91 Å². The van der Waals surface area contributed by atoms with Crippen LogP contribution in [-0.4, -0.2) is 41.6 Å². The summed E-state index contributed by atoms with van der Waals surface area (Å²) in [6.07, 6.45) is 0.412. The molecule has 1 aliphatic heterocycles. The minimum absolute atomic E-state index is 0.00586. The second-order valence-electron chi connectivity index (χ2n) is 4.82. The van der Waals surface area contributed by atoms with E-state index in [1.807, 2.05) is 0 Å². The molecule has 0 radical (unpaired) electrons. The van der Waals surface area contributed by atoms with E-state index in [0.29, 0.717) is 30.5 Å². The molecule has 0 aliphatic carbocycles. The first-order valence-corrected chi connectivity index (χ1v) is 6.80. The van der Waals surface area contributed by atoms with E-state index < -0.39 is 5.97 Å². The second-order valence-corrected chi connectivity index (χ2v) is 5.25. The van der Waals surface area contributed by atoms with E-state index in [1.165, 1.54) is 0 Å². The molecule has 1 amide bonds. The van der Waals surface area contributed by atoms with Crippen LogP contribution in [0.1, 0.15) is 12.8 Å². The topological polar surface area (TPSA) is 66.8 Å². The Morgan fingerprint density at radius 2 is 2.15 bits per heavy atom. The van der Waals surface area contributed by atoms with Gasteiger partial charge in [-0.1, -0.05) is 17.7 Å². The highest BCUT2D eigenvalue weighted by Gasteiger charge is 2.31. The van der Waals surface area contributed by atoms with Crippen LogP contribution in [0.2, 0.25) is 5.02 Å². The lowest BCUT2D eigenvalue weighted by Crippen LogP contribution is -2.50. The Morgan fingerprint density at radius 3 is 2.80 bits per heavy atom. The van der Waals surface area contributed by atoms with Crippen LogP contribution in [0.3, 0.4) is 0 Å². The smallest absolute Gasteiger partial charge is 0.303 e. The SMILES string of the molecule is O=C(O)CC1CN(C(=O)CCOc2cccc(Cl)c2)C1. The monoisotopic (exact) mass is 297 g/mol. The average molecular weight is 298 g/mol. The molecule has 1 heterocycles. The van der Waals surface area contributed by atoms with Gasteiger partial charge in [-0.3, -0.25) is 9.59 Å². The quantitative estimate of drug-likeness (QED) is 0.872. The lowest BCUT2D eigenvalue weighted by atomic mass is 9.96. The molecule has 0 unspecified atom stereocenters. The second kappa shape index (κ2) is 6.61. The minimum Gasteiger partial charge on any atom is -0.493 e. The molecule has 1 aromatic rings. The van der Waals surface area contributed by atoms with Crippen molar-refractivity contribution in [3.63, 3.8) is 0 Å². The zero-order valence-electron chi connectivity index (χ0n) is 10.9. The van der Waals surface area contributed by atoms with Gasteiger partial charge >= 0.3 is 5.97 Å². The molecule has 20 heavy (non-hydrogen) atoms. The van der Waals surface area contributed by atoms with Crippen LogP contribution in [0.4, 0.5) is 0 Å². The van der Waals surface area contributed by atoms with Gasteiger partial charge in [0.05, 0.1) is 19.4 Å². The number of halogens is 1. The van der Waals surface area contributed by atoms with Crippen molar-refractivity contribution in [3.05, 3.63) is 29.3 Å². The number of benzene rings is 1. The van der Waals surface area contributed by atoms with Crippen molar-refractivity contribution < 1.29 is 19.4 Å². The van der Waals surface area contributed by atoms with Gasteiger partial charge in [0, 0.05) is 24.0 Å². The fraction of sp³-hybridized carbons (Fsp3) is 0.429. The Balaban J connectivity index is 1.65. The standard InChI is InChI=1S/C14H16ClNO4/c15-11-2-1-3-12(7-11)20-5-4-13(17)16-8-10(9-16)6-14(18)19/h1-3,7,10H,4-6,8-9H2,(H,18,19). The van der Waals surface area contributed by atoms with Gasteiger partial charge in [-0.05, 0) is 18.2 Å². The zero-order valence-corrected chi connectivity index (χ0v) is 11.7. The highest BCUT2D eigenvalue weighted by Crippen LogP contribution is 2.20. The number of nitrogens with zero attached hydrogens (tertiary/aromatic N) is 1. The molecular weight excluding hydrogens is 282 g/mol. The summed E-state index contributed by atoms with van der Waals surface area (Å²) in [5.74, 6) is -0.0944. The van der Waals surface area contributed by atoms with Crippen LogP contribution in [0.15, 0.2) is 24.3 Å². The lowest BCUT2D eigenvalue weighted by Gasteiger charge is -2.38. The van der Waals surface area contributed by atoms with Crippen molar-refractivity contribution in [1.82, 2.24) is 4.90 Å². The van der Waals surface area contributed by atoms with Gasteiger partial charge in [0.1, 0.15) is 5.75 Å². The van der Waals surface area contributed by atoms with Crippen LogP contribution in [0.5, 0.6) is 5.75 Å². The number of hydrogen-bond acceptors (Lipinski definition) is 3. The van der Waals surface area contributed by atoms with Crippen LogP contribution in [-0.2, 0) is 9.59 Å². The molecule has 1 saturated heterocycles. The molecule has 1 aliphatic rings. The molecule has 1 aromatic carbocycles. The third-order valence-electron chi connectivity index (χ3n) is 3.15. The largest absolute Gasteiger partial charge is 0.493 e. The van der Waals surface area contributed by atoms with Gasteiger partial charge in [-0.2, -0.15) is 0 Å². The highest BCUT2D eigenvalue weighted by atomic mass is 35.5. The molecule has 0 saturated carbocycles. The van der Waals surface area contributed by atoms with Crippen molar-refractivity contribution in [2.45, 2.75) is 12.8 Å². The van der Waals surface area contributed by atoms with Gasteiger partial charge in [0.15, 0.2) is 0 Å². The summed E-state index contributed by atoms with van der Waals surface area (Å²) in [5.41, 5.74) is 0. The van der Waals surface area contributed by atoms with Crippen molar-refractivity contribution in [3.8, 4) is 5.75 Å². The fourth-order valence-electron chi connectivity index (χ4n) is 2.12. The normalized spacial score (nSPS) is 14.8. The van der Waals surface area contributed by atoms with E-state index in [1.54, 1.807) is 29.2 Å². The molecule has 1 fully saturated rings. The van der Waals surface area contributed by atoms with Gasteiger partial charge in [0.25, 0.3) is 0 Å². The Hall–Kier alpha value is -1.75. The molecule has 1 N–H and O–H groups in total. The number of aliphatic carboxylic acids is 1. The predicted molar refractivity (Wildman–Crippen MR) is 73.9 cm³/mol. The number of ether oxygens (including phenoxy) is 1. The number of rotatable bonds is 6. The first-order chi connectivity index (χ1) is 9.54. The Kier molecular flexibility index (Phi) is 4.84. The molecule has 0 atom stereocenters. The van der Waals surface area contributed by atoms with E-state index in [-0.39, 0.29) is 24.7 Å². The number of carboxylic acids is 1. The molecule has 2 rings (SSSR count). The summed E-state index contributed by atoms with van der Waals surface area (Å²) in [5, 5.41) is 9.22.